The molecule has 2 saturated heterocycles. The molecule has 0 saturated carbocycles. The highest BCUT2D eigenvalue weighted by Gasteiger charge is 2.29. The van der Waals surface area contributed by atoms with Crippen molar-refractivity contribution in [3.63, 3.8) is 0 Å². The van der Waals surface area contributed by atoms with Gasteiger partial charge in [-0.1, -0.05) is 35.1 Å². The Balaban J connectivity index is 1.51. The number of likely N-dealkylation sites (tertiary alicyclic amines) is 1. The molecule has 2 aliphatic heterocycles. The average Bonchev–Trinajstić information content (AvgIpc) is 3.46. The number of aliphatic hydroxyl groups is 1. The van der Waals surface area contributed by atoms with Gasteiger partial charge in [0.05, 0.1) is 21.3 Å². The molecule has 6 rings (SSSR count). The molecule has 2 fully saturated rings. The van der Waals surface area contributed by atoms with Gasteiger partial charge in [0, 0.05) is 41.7 Å². The van der Waals surface area contributed by atoms with Crippen LogP contribution in [-0.2, 0) is 0 Å². The number of nitrogens with two attached hydrogens (primary N) is 2. The van der Waals surface area contributed by atoms with Crippen LogP contribution >= 0.6 is 22.9 Å². The van der Waals surface area contributed by atoms with Gasteiger partial charge in [0.15, 0.2) is 10.9 Å². The Kier molecular flexibility index (Phi) is 6.73. The summed E-state index contributed by atoms with van der Waals surface area (Å²) in [4.78, 5) is 17.7. The minimum absolute atomic E-state index is 0.0738. The second-order valence-electron chi connectivity index (χ2n) is 10.1. The summed E-state index contributed by atoms with van der Waals surface area (Å²) < 4.78 is 23.3. The van der Waals surface area contributed by atoms with Crippen LogP contribution in [-0.4, -0.2) is 76.4 Å². The van der Waals surface area contributed by atoms with Crippen molar-refractivity contribution >= 4 is 55.0 Å². The van der Waals surface area contributed by atoms with E-state index in [0.717, 1.165) is 24.1 Å². The molecule has 0 bridgehead atoms. The minimum atomic E-state index is -0.632. The number of hydrogen-bond donors (Lipinski definition) is 3. The van der Waals surface area contributed by atoms with Crippen molar-refractivity contribution in [3.8, 4) is 17.1 Å². The Hall–Kier alpha value is -2.83. The van der Waals surface area contributed by atoms with E-state index in [4.69, 9.17) is 27.8 Å². The van der Waals surface area contributed by atoms with Crippen molar-refractivity contribution in [1.82, 2.24) is 19.9 Å². The van der Waals surface area contributed by atoms with Gasteiger partial charge in [-0.3, -0.25) is 0 Å². The predicted molar refractivity (Wildman–Crippen MR) is 149 cm³/mol. The highest BCUT2D eigenvalue weighted by molar-refractivity contribution is 7.22. The number of anilines is 2. The molecule has 4 aromatic rings. The molecule has 2 aliphatic rings. The molecular weight excluding hydrogens is 529 g/mol. The average molecular weight is 558 g/mol. The van der Waals surface area contributed by atoms with Gasteiger partial charge in [0.2, 0.25) is 0 Å². The molecule has 0 unspecified atom stereocenters. The lowest BCUT2D eigenvalue weighted by Crippen LogP contribution is -2.49. The summed E-state index contributed by atoms with van der Waals surface area (Å²) in [6.07, 6.45) is 1.96. The Morgan fingerprint density at radius 3 is 2.84 bits per heavy atom. The summed E-state index contributed by atoms with van der Waals surface area (Å²) in [7, 11) is 2.06. The van der Waals surface area contributed by atoms with Crippen molar-refractivity contribution < 1.29 is 14.2 Å². The molecule has 3 atom stereocenters. The predicted octanol–water partition coefficient (Wildman–Crippen LogP) is 3.65. The standard InChI is InChI=1S/C26H29ClFN7O2S/c1-34-7-3-4-14(34)12-37-26-32-23-17(24(33-26)35-10-13(29)8-15(36)11-35)9-18(27)20(21(23)28)16-5-2-6-19-22(16)31-25(30)38-19/h2,5-6,9,13-15,36H,3-4,7-8,10-12,29H2,1H3,(H2,30,31)/t13-,14+,15-/m1/s1. The maximum atomic E-state index is 16.4. The van der Waals surface area contributed by atoms with Crippen molar-refractivity contribution in [2.75, 3.05) is 43.9 Å². The molecule has 200 valence electrons. The topological polar surface area (TPSA) is 127 Å². The van der Waals surface area contributed by atoms with Crippen LogP contribution in [0.25, 0.3) is 32.2 Å². The second kappa shape index (κ2) is 10.0. The van der Waals surface area contributed by atoms with Gasteiger partial charge in [-0.05, 0) is 45.0 Å². The quantitative estimate of drug-likeness (QED) is 0.337. The summed E-state index contributed by atoms with van der Waals surface area (Å²) in [5.74, 6) is -0.164. The number of nitrogen functional groups attached to an aromatic ring is 1. The first-order valence-corrected chi connectivity index (χ1v) is 13.8. The fourth-order valence-corrected chi connectivity index (χ4v) is 6.58. The van der Waals surface area contributed by atoms with Crippen LogP contribution in [0.1, 0.15) is 19.3 Å². The minimum Gasteiger partial charge on any atom is -0.462 e. The van der Waals surface area contributed by atoms with Crippen molar-refractivity contribution in [3.05, 3.63) is 35.1 Å². The third-order valence-corrected chi connectivity index (χ3v) is 8.53. The zero-order valence-corrected chi connectivity index (χ0v) is 22.5. The molecule has 9 nitrogen and oxygen atoms in total. The number of halogens is 2. The van der Waals surface area contributed by atoms with E-state index >= 15 is 4.39 Å². The molecule has 0 radical (unpaired) electrons. The molecule has 2 aromatic heterocycles. The summed E-state index contributed by atoms with van der Waals surface area (Å²) >= 11 is 8.07. The molecule has 2 aromatic carbocycles. The van der Waals surface area contributed by atoms with Crippen LogP contribution in [0.3, 0.4) is 0 Å². The number of ether oxygens (including phenoxy) is 1. The van der Waals surface area contributed by atoms with Crippen LogP contribution in [0.15, 0.2) is 24.3 Å². The van der Waals surface area contributed by atoms with E-state index in [9.17, 15) is 5.11 Å². The molecular formula is C26H29ClFN7O2S. The third kappa shape index (κ3) is 4.62. The fourth-order valence-electron chi connectivity index (χ4n) is 5.52. The zero-order chi connectivity index (χ0) is 26.6. The van der Waals surface area contributed by atoms with Crippen LogP contribution < -0.4 is 21.1 Å². The third-order valence-electron chi connectivity index (χ3n) is 7.38. The lowest BCUT2D eigenvalue weighted by atomic mass is 10.0. The van der Waals surface area contributed by atoms with E-state index < -0.39 is 11.9 Å². The van der Waals surface area contributed by atoms with Gasteiger partial charge in [0.25, 0.3) is 0 Å². The number of aromatic nitrogens is 3. The van der Waals surface area contributed by atoms with Gasteiger partial charge < -0.3 is 31.1 Å². The SMILES string of the molecule is CN1CCC[C@H]1COc1nc(N2C[C@H](N)C[C@@H](O)C2)c2cc(Cl)c(-c3cccc4sc(N)nc34)c(F)c2n1. The Labute approximate surface area is 228 Å². The first-order valence-electron chi connectivity index (χ1n) is 12.6. The fraction of sp³-hybridized carbons (Fsp3) is 0.423. The number of rotatable bonds is 5. The zero-order valence-electron chi connectivity index (χ0n) is 20.9. The van der Waals surface area contributed by atoms with Crippen LogP contribution in [0.4, 0.5) is 15.3 Å². The van der Waals surface area contributed by atoms with Crippen LogP contribution in [0, 0.1) is 5.82 Å². The van der Waals surface area contributed by atoms with E-state index in [0.29, 0.717) is 53.5 Å². The van der Waals surface area contributed by atoms with Crippen LogP contribution in [0.5, 0.6) is 6.01 Å². The molecule has 38 heavy (non-hydrogen) atoms. The van der Waals surface area contributed by atoms with E-state index in [1.165, 1.54) is 11.3 Å². The van der Waals surface area contributed by atoms with Crippen LogP contribution in [0.2, 0.25) is 5.02 Å². The van der Waals surface area contributed by atoms with Gasteiger partial charge >= 0.3 is 6.01 Å². The van der Waals surface area contributed by atoms with E-state index in [-0.39, 0.29) is 34.2 Å². The number of hydrogen-bond acceptors (Lipinski definition) is 10. The number of β-amino-alcohol motifs (C(OH)–C–C–N with tert-alkyl or cyclic N) is 1. The van der Waals surface area contributed by atoms with Gasteiger partial charge in [-0.15, -0.1) is 0 Å². The molecule has 0 amide bonds. The maximum Gasteiger partial charge on any atom is 0.319 e. The highest BCUT2D eigenvalue weighted by Crippen LogP contribution is 2.42. The van der Waals surface area contributed by atoms with Gasteiger partial charge in [-0.25, -0.2) is 9.37 Å². The number of piperidine rings is 1. The lowest BCUT2D eigenvalue weighted by molar-refractivity contribution is 0.145. The summed E-state index contributed by atoms with van der Waals surface area (Å²) in [6.45, 7) is 2.16. The molecule has 0 aliphatic carbocycles. The molecule has 12 heteroatoms. The maximum absolute atomic E-state index is 16.4. The first-order chi connectivity index (χ1) is 18.3. The van der Waals surface area contributed by atoms with E-state index in [1.54, 1.807) is 12.1 Å². The Morgan fingerprint density at radius 1 is 1.24 bits per heavy atom. The largest absolute Gasteiger partial charge is 0.462 e. The second-order valence-corrected chi connectivity index (χ2v) is 11.6. The van der Waals surface area contributed by atoms with Gasteiger partial charge in [-0.2, -0.15) is 9.97 Å². The Morgan fingerprint density at radius 2 is 2.08 bits per heavy atom. The first kappa shape index (κ1) is 25.4. The molecule has 4 heterocycles. The van der Waals surface area contributed by atoms with Crippen molar-refractivity contribution in [2.24, 2.45) is 5.73 Å². The molecule has 0 spiro atoms. The monoisotopic (exact) mass is 557 g/mol. The number of likely N-dealkylation sites (N-methyl/N-ethyl adjacent to an activating group) is 1. The van der Waals surface area contributed by atoms with Crippen molar-refractivity contribution in [2.45, 2.75) is 37.5 Å². The number of para-hydroxylation sites is 1. The number of fused-ring (bicyclic) bond motifs is 2. The highest BCUT2D eigenvalue weighted by atomic mass is 35.5. The smallest absolute Gasteiger partial charge is 0.319 e. The number of nitrogens with zero attached hydrogens (tertiary/aromatic N) is 5. The number of benzene rings is 2. The number of aliphatic hydroxyl groups excluding tert-OH is 1. The Bertz CT molecular complexity index is 1510. The molecule has 5 N–H and O–H groups in total. The summed E-state index contributed by atoms with van der Waals surface area (Å²) in [6, 6.07) is 7.20. The lowest BCUT2D eigenvalue weighted by Gasteiger charge is -2.35. The van der Waals surface area contributed by atoms with Gasteiger partial charge in [0.1, 0.15) is 17.9 Å². The van der Waals surface area contributed by atoms with Crippen molar-refractivity contribution in [1.29, 1.82) is 0 Å². The normalized spacial score (nSPS) is 22.6. The van der Waals surface area contributed by atoms with E-state index in [1.807, 2.05) is 17.0 Å². The van der Waals surface area contributed by atoms with E-state index in [2.05, 4.69) is 26.9 Å². The summed E-state index contributed by atoms with van der Waals surface area (Å²) in [5, 5.41) is 11.4. The summed E-state index contributed by atoms with van der Waals surface area (Å²) in [5.41, 5.74) is 13.5. The number of thiazole rings is 1.